The molecule has 1 aromatic carbocycles. The molecular weight excluding hydrogens is 254 g/mol. The molecule has 2 aromatic heterocycles. The maximum Gasteiger partial charge on any atom is 0.126 e. The Morgan fingerprint density at radius 2 is 2.21 bits per heavy atom. The van der Waals surface area contributed by atoms with E-state index in [9.17, 15) is 0 Å². The molecule has 0 atom stereocenters. The van der Waals surface area contributed by atoms with Crippen molar-refractivity contribution in [3.63, 3.8) is 0 Å². The standard InChI is InChI=1S/C15H13N3S/c1-10-14(12-6-2-3-7-13(12)17-10)15-18-11(9-19-15)5-4-8-16/h2-3,6-7,9,17H,4-5H2,1H3. The van der Waals surface area contributed by atoms with Crippen molar-refractivity contribution >= 4 is 22.2 Å². The number of hydrogen-bond donors (Lipinski definition) is 1. The predicted octanol–water partition coefficient (Wildman–Crippen LogP) is 4.06. The van der Waals surface area contributed by atoms with Gasteiger partial charge in [0.05, 0.1) is 11.8 Å². The molecule has 0 saturated carbocycles. The summed E-state index contributed by atoms with van der Waals surface area (Å²) in [5, 5.41) is 12.9. The monoisotopic (exact) mass is 267 g/mol. The minimum Gasteiger partial charge on any atom is -0.358 e. The number of para-hydroxylation sites is 1. The molecule has 19 heavy (non-hydrogen) atoms. The van der Waals surface area contributed by atoms with Crippen molar-refractivity contribution in [2.75, 3.05) is 0 Å². The molecule has 0 aliphatic rings. The molecular formula is C15H13N3S. The molecule has 3 nitrogen and oxygen atoms in total. The summed E-state index contributed by atoms with van der Waals surface area (Å²) in [6.45, 7) is 2.08. The highest BCUT2D eigenvalue weighted by molar-refractivity contribution is 7.13. The van der Waals surface area contributed by atoms with Crippen LogP contribution in [0, 0.1) is 18.3 Å². The topological polar surface area (TPSA) is 52.5 Å². The molecule has 0 radical (unpaired) electrons. The number of aromatic nitrogens is 2. The van der Waals surface area contributed by atoms with Crippen molar-refractivity contribution < 1.29 is 0 Å². The Bertz CT molecular complexity index is 761. The van der Waals surface area contributed by atoms with Gasteiger partial charge in [-0.25, -0.2) is 4.98 Å². The Kier molecular flexibility index (Phi) is 3.06. The number of nitrogens with one attached hydrogen (secondary N) is 1. The summed E-state index contributed by atoms with van der Waals surface area (Å²) < 4.78 is 0. The molecule has 0 aliphatic carbocycles. The van der Waals surface area contributed by atoms with Gasteiger partial charge in [-0.1, -0.05) is 18.2 Å². The maximum atomic E-state index is 8.62. The first kappa shape index (κ1) is 11.9. The summed E-state index contributed by atoms with van der Waals surface area (Å²) >= 11 is 1.65. The van der Waals surface area contributed by atoms with Gasteiger partial charge >= 0.3 is 0 Å². The van der Waals surface area contributed by atoms with E-state index in [4.69, 9.17) is 5.26 Å². The summed E-state index contributed by atoms with van der Waals surface area (Å²) in [5.41, 5.74) is 4.47. The van der Waals surface area contributed by atoms with E-state index in [1.807, 2.05) is 17.5 Å². The Morgan fingerprint density at radius 3 is 3.05 bits per heavy atom. The third kappa shape index (κ3) is 2.13. The number of fused-ring (bicyclic) bond motifs is 1. The summed E-state index contributed by atoms with van der Waals surface area (Å²) in [6.07, 6.45) is 1.25. The molecule has 1 N–H and O–H groups in total. The Hall–Kier alpha value is -2.12. The lowest BCUT2D eigenvalue weighted by Crippen LogP contribution is -1.84. The molecule has 0 fully saturated rings. The van der Waals surface area contributed by atoms with Crippen LogP contribution in [0.5, 0.6) is 0 Å². The number of aromatic amines is 1. The van der Waals surface area contributed by atoms with Crippen molar-refractivity contribution in [1.29, 1.82) is 5.26 Å². The molecule has 0 unspecified atom stereocenters. The van der Waals surface area contributed by atoms with Crippen LogP contribution in [0.15, 0.2) is 29.6 Å². The number of thiazole rings is 1. The van der Waals surface area contributed by atoms with E-state index in [-0.39, 0.29) is 0 Å². The third-order valence-corrected chi connectivity index (χ3v) is 4.06. The van der Waals surface area contributed by atoms with Crippen LogP contribution >= 0.6 is 11.3 Å². The number of aryl methyl sites for hydroxylation is 2. The van der Waals surface area contributed by atoms with E-state index in [0.717, 1.165) is 28.3 Å². The molecule has 0 saturated heterocycles. The van der Waals surface area contributed by atoms with Gasteiger partial charge in [0.2, 0.25) is 0 Å². The number of H-pyrrole nitrogens is 1. The Balaban J connectivity index is 2.07. The number of rotatable bonds is 3. The van der Waals surface area contributed by atoms with Crippen molar-refractivity contribution in [2.45, 2.75) is 19.8 Å². The van der Waals surface area contributed by atoms with E-state index in [1.165, 1.54) is 10.9 Å². The lowest BCUT2D eigenvalue weighted by atomic mass is 10.1. The van der Waals surface area contributed by atoms with E-state index >= 15 is 0 Å². The fourth-order valence-electron chi connectivity index (χ4n) is 2.27. The average molecular weight is 267 g/mol. The molecule has 0 aliphatic heterocycles. The number of hydrogen-bond acceptors (Lipinski definition) is 3. The van der Waals surface area contributed by atoms with Crippen LogP contribution in [0.4, 0.5) is 0 Å². The lowest BCUT2D eigenvalue weighted by molar-refractivity contribution is 0.969. The summed E-state index contributed by atoms with van der Waals surface area (Å²) in [5.74, 6) is 0. The van der Waals surface area contributed by atoms with Gasteiger partial charge in [0.25, 0.3) is 0 Å². The Morgan fingerprint density at radius 1 is 1.37 bits per heavy atom. The van der Waals surface area contributed by atoms with Crippen molar-refractivity contribution in [3.8, 4) is 16.6 Å². The summed E-state index contributed by atoms with van der Waals surface area (Å²) in [7, 11) is 0. The van der Waals surface area contributed by atoms with E-state index < -0.39 is 0 Å². The van der Waals surface area contributed by atoms with Crippen molar-refractivity contribution in [1.82, 2.24) is 9.97 Å². The molecule has 2 heterocycles. The van der Waals surface area contributed by atoms with Gasteiger partial charge in [0, 0.05) is 40.4 Å². The second-order valence-electron chi connectivity index (χ2n) is 4.47. The van der Waals surface area contributed by atoms with Gasteiger partial charge in [0.1, 0.15) is 5.01 Å². The highest BCUT2D eigenvalue weighted by atomic mass is 32.1. The molecule has 0 amide bonds. The SMILES string of the molecule is Cc1[nH]c2ccccc2c1-c1nc(CCC#N)cs1. The second-order valence-corrected chi connectivity index (χ2v) is 5.33. The smallest absolute Gasteiger partial charge is 0.126 e. The van der Waals surface area contributed by atoms with Crippen LogP contribution in [0.1, 0.15) is 17.8 Å². The minimum absolute atomic E-state index is 0.524. The minimum atomic E-state index is 0.524. The normalized spacial score (nSPS) is 10.7. The van der Waals surface area contributed by atoms with Crippen molar-refractivity contribution in [2.24, 2.45) is 0 Å². The molecule has 94 valence electrons. The van der Waals surface area contributed by atoms with Gasteiger partial charge in [0.15, 0.2) is 0 Å². The molecule has 4 heteroatoms. The van der Waals surface area contributed by atoms with Crippen molar-refractivity contribution in [3.05, 3.63) is 41.0 Å². The second kappa shape index (κ2) is 4.87. The van der Waals surface area contributed by atoms with Crippen LogP contribution in [0.3, 0.4) is 0 Å². The van der Waals surface area contributed by atoms with Gasteiger partial charge in [-0.05, 0) is 13.0 Å². The molecule has 3 rings (SSSR count). The van der Waals surface area contributed by atoms with Gasteiger partial charge in [-0.15, -0.1) is 11.3 Å². The van der Waals surface area contributed by atoms with Crippen LogP contribution in [-0.4, -0.2) is 9.97 Å². The van der Waals surface area contributed by atoms with E-state index in [2.05, 4.69) is 35.1 Å². The molecule has 3 aromatic rings. The van der Waals surface area contributed by atoms with Crippen LogP contribution in [0.2, 0.25) is 0 Å². The zero-order valence-corrected chi connectivity index (χ0v) is 11.4. The maximum absolute atomic E-state index is 8.62. The highest BCUT2D eigenvalue weighted by Crippen LogP contribution is 2.34. The number of nitrogens with zero attached hydrogens (tertiary/aromatic N) is 2. The third-order valence-electron chi connectivity index (χ3n) is 3.15. The fraction of sp³-hybridized carbons (Fsp3) is 0.200. The van der Waals surface area contributed by atoms with Crippen LogP contribution in [-0.2, 0) is 6.42 Å². The molecule has 0 bridgehead atoms. The molecule has 0 spiro atoms. The van der Waals surface area contributed by atoms with Gasteiger partial charge in [-0.2, -0.15) is 5.26 Å². The quantitative estimate of drug-likeness (QED) is 0.778. The summed E-state index contributed by atoms with van der Waals surface area (Å²) in [6, 6.07) is 10.4. The van der Waals surface area contributed by atoms with E-state index in [0.29, 0.717) is 6.42 Å². The first-order valence-corrected chi connectivity index (χ1v) is 7.06. The number of nitriles is 1. The zero-order chi connectivity index (χ0) is 13.2. The van der Waals surface area contributed by atoms with Gasteiger partial charge in [-0.3, -0.25) is 0 Å². The first-order valence-electron chi connectivity index (χ1n) is 6.18. The summed E-state index contributed by atoms with van der Waals surface area (Å²) in [4.78, 5) is 8.04. The van der Waals surface area contributed by atoms with Crippen LogP contribution < -0.4 is 0 Å². The van der Waals surface area contributed by atoms with Gasteiger partial charge < -0.3 is 4.98 Å². The zero-order valence-electron chi connectivity index (χ0n) is 10.6. The van der Waals surface area contributed by atoms with Crippen LogP contribution in [0.25, 0.3) is 21.5 Å². The number of benzene rings is 1. The average Bonchev–Trinajstić information content (AvgIpc) is 2.99. The Labute approximate surface area is 115 Å². The highest BCUT2D eigenvalue weighted by Gasteiger charge is 2.13. The largest absolute Gasteiger partial charge is 0.358 e. The predicted molar refractivity (Wildman–Crippen MR) is 78.1 cm³/mol. The van der Waals surface area contributed by atoms with E-state index in [1.54, 1.807) is 11.3 Å². The fourth-order valence-corrected chi connectivity index (χ4v) is 3.24. The lowest BCUT2D eigenvalue weighted by Gasteiger charge is -1.96. The first-order chi connectivity index (χ1) is 9.29.